The number of aromatic nitrogens is 1. The van der Waals surface area contributed by atoms with Crippen molar-refractivity contribution >= 4 is 17.4 Å². The van der Waals surface area contributed by atoms with Crippen LogP contribution in [0, 0.1) is 16.7 Å². The van der Waals surface area contributed by atoms with Gasteiger partial charge in [-0.1, -0.05) is 0 Å². The molecule has 5 nitrogen and oxygen atoms in total. The minimum Gasteiger partial charge on any atom is -0.370 e. The summed E-state index contributed by atoms with van der Waals surface area (Å²) in [7, 11) is 0. The van der Waals surface area contributed by atoms with E-state index in [4.69, 9.17) is 5.26 Å². The number of rotatable bonds is 3. The summed E-state index contributed by atoms with van der Waals surface area (Å²) in [6, 6.07) is 5.73. The van der Waals surface area contributed by atoms with Crippen LogP contribution in [0.4, 0.5) is 11.5 Å². The molecular formula is C15H20N4O. The van der Waals surface area contributed by atoms with Gasteiger partial charge in [0.2, 0.25) is 5.91 Å². The molecule has 0 aromatic carbocycles. The summed E-state index contributed by atoms with van der Waals surface area (Å²) in [5.74, 6) is 0.150. The molecule has 1 amide bonds. The fourth-order valence-electron chi connectivity index (χ4n) is 2.12. The van der Waals surface area contributed by atoms with Crippen LogP contribution in [0.25, 0.3) is 0 Å². The lowest BCUT2D eigenvalue weighted by molar-refractivity contribution is -0.121. The Morgan fingerprint density at radius 3 is 2.60 bits per heavy atom. The number of nitriles is 1. The van der Waals surface area contributed by atoms with Gasteiger partial charge in [-0.05, 0) is 45.2 Å². The van der Waals surface area contributed by atoms with E-state index >= 15 is 0 Å². The number of amides is 1. The second-order valence-corrected chi connectivity index (χ2v) is 5.64. The van der Waals surface area contributed by atoms with E-state index in [9.17, 15) is 4.79 Å². The van der Waals surface area contributed by atoms with E-state index in [1.54, 1.807) is 26.1 Å². The summed E-state index contributed by atoms with van der Waals surface area (Å²) in [6.07, 6.45) is 5.51. The highest BCUT2D eigenvalue weighted by Gasteiger charge is 2.27. The van der Waals surface area contributed by atoms with Crippen LogP contribution in [0.1, 0.15) is 33.1 Å². The van der Waals surface area contributed by atoms with Gasteiger partial charge in [-0.3, -0.25) is 4.79 Å². The number of nitrogens with one attached hydrogen (secondary N) is 1. The summed E-state index contributed by atoms with van der Waals surface area (Å²) >= 11 is 0. The smallest absolute Gasteiger partial charge is 0.245 e. The van der Waals surface area contributed by atoms with Crippen molar-refractivity contribution in [3.63, 3.8) is 0 Å². The lowest BCUT2D eigenvalue weighted by Gasteiger charge is -2.28. The van der Waals surface area contributed by atoms with E-state index in [2.05, 4.69) is 15.2 Å². The van der Waals surface area contributed by atoms with E-state index in [1.165, 1.54) is 19.3 Å². The van der Waals surface area contributed by atoms with Gasteiger partial charge in [0.25, 0.3) is 0 Å². The number of anilines is 2. The average Bonchev–Trinajstić information content (AvgIpc) is 2.49. The Kier molecular flexibility index (Phi) is 4.23. The maximum absolute atomic E-state index is 11.9. The lowest BCUT2D eigenvalue weighted by Crippen LogP contribution is -2.30. The van der Waals surface area contributed by atoms with E-state index < -0.39 is 5.41 Å². The zero-order valence-electron chi connectivity index (χ0n) is 12.0. The Balaban J connectivity index is 2.01. The standard InChI is InChI=1S/C15H20N4O/c1-15(2,11-16)14(20)18-13-7-6-12(10-17-13)19-8-4-3-5-9-19/h6-7,10H,3-5,8-9H2,1-2H3,(H,17,18,20). The Morgan fingerprint density at radius 1 is 1.35 bits per heavy atom. The number of hydrogen-bond donors (Lipinski definition) is 1. The minimum atomic E-state index is -1.05. The van der Waals surface area contributed by atoms with Gasteiger partial charge in [0.15, 0.2) is 0 Å². The highest BCUT2D eigenvalue weighted by molar-refractivity contribution is 5.95. The fraction of sp³-hybridized carbons (Fsp3) is 0.533. The van der Waals surface area contributed by atoms with Crippen LogP contribution in [0.15, 0.2) is 18.3 Å². The molecule has 0 spiro atoms. The first kappa shape index (κ1) is 14.3. The van der Waals surface area contributed by atoms with E-state index in [0.29, 0.717) is 5.82 Å². The Morgan fingerprint density at radius 2 is 2.05 bits per heavy atom. The largest absolute Gasteiger partial charge is 0.370 e. The normalized spacial score (nSPS) is 15.6. The zero-order valence-corrected chi connectivity index (χ0v) is 12.0. The summed E-state index contributed by atoms with van der Waals surface area (Å²) in [5, 5.41) is 11.6. The fourth-order valence-corrected chi connectivity index (χ4v) is 2.12. The van der Waals surface area contributed by atoms with Crippen molar-refractivity contribution in [3.05, 3.63) is 18.3 Å². The molecule has 0 aliphatic carbocycles. The van der Waals surface area contributed by atoms with Crippen LogP contribution < -0.4 is 10.2 Å². The Labute approximate surface area is 119 Å². The molecule has 0 atom stereocenters. The number of hydrogen-bond acceptors (Lipinski definition) is 4. The van der Waals surface area contributed by atoms with Crippen LogP contribution >= 0.6 is 0 Å². The van der Waals surface area contributed by atoms with Gasteiger partial charge < -0.3 is 10.2 Å². The second kappa shape index (κ2) is 5.91. The molecule has 106 valence electrons. The van der Waals surface area contributed by atoms with Crippen LogP contribution in [0.2, 0.25) is 0 Å². The van der Waals surface area contributed by atoms with Crippen molar-refractivity contribution in [2.75, 3.05) is 23.3 Å². The van der Waals surface area contributed by atoms with Crippen LogP contribution in [-0.4, -0.2) is 24.0 Å². The molecule has 1 aromatic heterocycles. The Hall–Kier alpha value is -2.09. The highest BCUT2D eigenvalue weighted by Crippen LogP contribution is 2.21. The van der Waals surface area contributed by atoms with Gasteiger partial charge in [0.05, 0.1) is 18.0 Å². The maximum Gasteiger partial charge on any atom is 0.245 e. The van der Waals surface area contributed by atoms with Crippen LogP contribution in [-0.2, 0) is 4.79 Å². The highest BCUT2D eigenvalue weighted by atomic mass is 16.2. The molecule has 5 heteroatoms. The molecule has 2 rings (SSSR count). The molecule has 0 bridgehead atoms. The van der Waals surface area contributed by atoms with Crippen molar-refractivity contribution in [2.45, 2.75) is 33.1 Å². The van der Waals surface area contributed by atoms with E-state index in [0.717, 1.165) is 18.8 Å². The maximum atomic E-state index is 11.9. The summed E-state index contributed by atoms with van der Waals surface area (Å²) in [5.41, 5.74) is 0.0370. The number of piperidine rings is 1. The molecule has 1 N–H and O–H groups in total. The SMILES string of the molecule is CC(C)(C#N)C(=O)Nc1ccc(N2CCCCC2)cn1. The molecule has 1 aliphatic rings. The average molecular weight is 272 g/mol. The topological polar surface area (TPSA) is 69.0 Å². The first-order chi connectivity index (χ1) is 9.53. The van der Waals surface area contributed by atoms with E-state index in [1.807, 2.05) is 12.1 Å². The molecule has 20 heavy (non-hydrogen) atoms. The van der Waals surface area contributed by atoms with E-state index in [-0.39, 0.29) is 5.91 Å². The number of carbonyl (C=O) groups excluding carboxylic acids is 1. The van der Waals surface area contributed by atoms with Crippen LogP contribution in [0.5, 0.6) is 0 Å². The number of pyridine rings is 1. The molecule has 1 fully saturated rings. The molecule has 0 radical (unpaired) electrons. The van der Waals surface area contributed by atoms with Crippen LogP contribution in [0.3, 0.4) is 0 Å². The van der Waals surface area contributed by atoms with Crippen molar-refractivity contribution in [2.24, 2.45) is 5.41 Å². The molecule has 1 aliphatic heterocycles. The monoisotopic (exact) mass is 272 g/mol. The molecule has 0 unspecified atom stereocenters. The van der Waals surface area contributed by atoms with Gasteiger partial charge in [-0.2, -0.15) is 5.26 Å². The molecule has 1 saturated heterocycles. The first-order valence-electron chi connectivity index (χ1n) is 6.96. The quantitative estimate of drug-likeness (QED) is 0.918. The third kappa shape index (κ3) is 3.27. The van der Waals surface area contributed by atoms with Gasteiger partial charge in [0, 0.05) is 13.1 Å². The van der Waals surface area contributed by atoms with Crippen molar-refractivity contribution in [3.8, 4) is 6.07 Å². The predicted molar refractivity (Wildman–Crippen MR) is 78.3 cm³/mol. The summed E-state index contributed by atoms with van der Waals surface area (Å²) in [6.45, 7) is 5.30. The second-order valence-electron chi connectivity index (χ2n) is 5.64. The third-order valence-corrected chi connectivity index (χ3v) is 3.56. The molecule has 1 aromatic rings. The summed E-state index contributed by atoms with van der Waals surface area (Å²) in [4.78, 5) is 18.4. The van der Waals surface area contributed by atoms with Gasteiger partial charge >= 0.3 is 0 Å². The van der Waals surface area contributed by atoms with Gasteiger partial charge in [-0.25, -0.2) is 4.98 Å². The third-order valence-electron chi connectivity index (χ3n) is 3.56. The minimum absolute atomic E-state index is 0.335. The molecular weight excluding hydrogens is 252 g/mol. The van der Waals surface area contributed by atoms with Gasteiger partial charge in [0.1, 0.15) is 11.2 Å². The number of nitrogens with zero attached hydrogens (tertiary/aromatic N) is 3. The summed E-state index contributed by atoms with van der Waals surface area (Å²) < 4.78 is 0. The Bertz CT molecular complexity index is 510. The van der Waals surface area contributed by atoms with Gasteiger partial charge in [-0.15, -0.1) is 0 Å². The molecule has 0 saturated carbocycles. The zero-order chi connectivity index (χ0) is 14.6. The molecule has 2 heterocycles. The van der Waals surface area contributed by atoms with Crippen molar-refractivity contribution < 1.29 is 4.79 Å². The number of carbonyl (C=O) groups is 1. The van der Waals surface area contributed by atoms with Crippen molar-refractivity contribution in [1.82, 2.24) is 4.98 Å². The first-order valence-corrected chi connectivity index (χ1v) is 6.96. The predicted octanol–water partition coefficient (Wildman–Crippen LogP) is 2.56. The van der Waals surface area contributed by atoms with Crippen molar-refractivity contribution in [1.29, 1.82) is 5.26 Å². The lowest BCUT2D eigenvalue weighted by atomic mass is 9.95.